The van der Waals surface area contributed by atoms with Crippen molar-refractivity contribution >= 4 is 31.6 Å². The number of halogens is 1. The molecule has 0 spiro atoms. The minimum absolute atomic E-state index is 0.0682. The van der Waals surface area contributed by atoms with E-state index in [9.17, 15) is 8.42 Å². The molecule has 0 saturated heterocycles. The summed E-state index contributed by atoms with van der Waals surface area (Å²) >= 11 is 3.02. The van der Waals surface area contributed by atoms with Crippen LogP contribution in [0.1, 0.15) is 0 Å². The van der Waals surface area contributed by atoms with Gasteiger partial charge in [0.25, 0.3) is 10.0 Å². The van der Waals surface area contributed by atoms with E-state index in [2.05, 4.69) is 40.9 Å². The quantitative estimate of drug-likeness (QED) is 0.865. The lowest BCUT2D eigenvalue weighted by Gasteiger charge is -2.06. The number of aryl methyl sites for hydroxylation is 1. The Kier molecular flexibility index (Phi) is 3.07. The Labute approximate surface area is 105 Å². The van der Waals surface area contributed by atoms with Crippen LogP contribution in [0, 0.1) is 0 Å². The summed E-state index contributed by atoms with van der Waals surface area (Å²) in [7, 11) is -2.29. The van der Waals surface area contributed by atoms with E-state index in [1.807, 2.05) is 0 Å². The Balaban J connectivity index is 2.39. The second-order valence-corrected chi connectivity index (χ2v) is 5.39. The second-order valence-electron chi connectivity index (χ2n) is 3.04. The van der Waals surface area contributed by atoms with E-state index in [0.717, 1.165) is 4.68 Å². The zero-order valence-electron chi connectivity index (χ0n) is 8.57. The Morgan fingerprint density at radius 1 is 1.35 bits per heavy atom. The summed E-state index contributed by atoms with van der Waals surface area (Å²) in [4.78, 5) is 7.41. The van der Waals surface area contributed by atoms with Crippen LogP contribution in [0.15, 0.2) is 28.4 Å². The van der Waals surface area contributed by atoms with Crippen molar-refractivity contribution in [1.82, 2.24) is 25.0 Å². The predicted molar refractivity (Wildman–Crippen MR) is 61.5 cm³/mol. The molecule has 1 N–H and O–H groups in total. The molecule has 0 fully saturated rings. The standard InChI is InChI=1S/C7H7BrN6O2S/c1-14-7(6(8)11-13-14)17(15,16)12-5-2-9-4-10-3-5/h2-4,12H,1H3. The molecule has 0 amide bonds. The molecule has 10 heteroatoms. The van der Waals surface area contributed by atoms with E-state index in [1.54, 1.807) is 0 Å². The SMILES string of the molecule is Cn1nnc(Br)c1S(=O)(=O)Nc1cncnc1. The number of nitrogens with one attached hydrogen (secondary N) is 1. The Morgan fingerprint density at radius 2 is 2.00 bits per heavy atom. The highest BCUT2D eigenvalue weighted by molar-refractivity contribution is 9.10. The van der Waals surface area contributed by atoms with E-state index >= 15 is 0 Å². The summed E-state index contributed by atoms with van der Waals surface area (Å²) in [6.07, 6.45) is 4.00. The van der Waals surface area contributed by atoms with Crippen molar-refractivity contribution in [3.8, 4) is 0 Å². The van der Waals surface area contributed by atoms with Gasteiger partial charge in [-0.3, -0.25) is 4.72 Å². The first-order valence-corrected chi connectivity index (χ1v) is 6.61. The fourth-order valence-electron chi connectivity index (χ4n) is 1.16. The lowest BCUT2D eigenvalue weighted by Crippen LogP contribution is -2.17. The third-order valence-corrected chi connectivity index (χ3v) is 4.07. The molecule has 0 unspecified atom stereocenters. The first kappa shape index (κ1) is 11.9. The molecule has 0 atom stereocenters. The van der Waals surface area contributed by atoms with E-state index < -0.39 is 10.0 Å². The monoisotopic (exact) mass is 318 g/mol. The van der Waals surface area contributed by atoms with Crippen LogP contribution in [0.25, 0.3) is 0 Å². The van der Waals surface area contributed by atoms with Gasteiger partial charge in [0.05, 0.1) is 18.1 Å². The minimum Gasteiger partial charge on any atom is -0.275 e. The number of hydrogen-bond acceptors (Lipinski definition) is 6. The van der Waals surface area contributed by atoms with Gasteiger partial charge in [0.1, 0.15) is 6.33 Å². The average Bonchev–Trinajstić information content (AvgIpc) is 2.59. The molecule has 0 saturated carbocycles. The zero-order valence-corrected chi connectivity index (χ0v) is 11.0. The van der Waals surface area contributed by atoms with Gasteiger partial charge in [-0.05, 0) is 15.9 Å². The normalized spacial score (nSPS) is 11.4. The van der Waals surface area contributed by atoms with Crippen LogP contribution in [0.2, 0.25) is 0 Å². The molecule has 0 aromatic carbocycles. The zero-order chi connectivity index (χ0) is 12.5. The number of rotatable bonds is 3. The number of sulfonamides is 1. The summed E-state index contributed by atoms with van der Waals surface area (Å²) < 4.78 is 27.6. The first-order valence-electron chi connectivity index (χ1n) is 4.34. The molecular formula is C7H7BrN6O2S. The van der Waals surface area contributed by atoms with Crippen molar-refractivity contribution in [3.05, 3.63) is 23.3 Å². The first-order chi connectivity index (χ1) is 8.00. The maximum Gasteiger partial charge on any atom is 0.282 e. The van der Waals surface area contributed by atoms with Gasteiger partial charge < -0.3 is 0 Å². The van der Waals surface area contributed by atoms with E-state index in [4.69, 9.17) is 0 Å². The topological polar surface area (TPSA) is 103 Å². The third-order valence-electron chi connectivity index (χ3n) is 1.80. The van der Waals surface area contributed by atoms with Crippen LogP contribution >= 0.6 is 15.9 Å². The second kappa shape index (κ2) is 4.37. The third kappa shape index (κ3) is 2.42. The summed E-state index contributed by atoms with van der Waals surface area (Å²) in [5.74, 6) is 0. The van der Waals surface area contributed by atoms with E-state index in [1.165, 1.54) is 25.8 Å². The molecule has 0 bridgehead atoms. The van der Waals surface area contributed by atoms with Crippen LogP contribution in [0.3, 0.4) is 0 Å². The maximum atomic E-state index is 12.0. The van der Waals surface area contributed by atoms with E-state index in [-0.39, 0.29) is 15.3 Å². The van der Waals surface area contributed by atoms with Crippen LogP contribution in [-0.4, -0.2) is 33.4 Å². The molecule has 2 aromatic rings. The highest BCUT2D eigenvalue weighted by Gasteiger charge is 2.23. The number of nitrogens with zero attached hydrogens (tertiary/aromatic N) is 5. The van der Waals surface area contributed by atoms with Crippen LogP contribution in [0.4, 0.5) is 5.69 Å². The van der Waals surface area contributed by atoms with Crippen molar-refractivity contribution in [3.63, 3.8) is 0 Å². The largest absolute Gasteiger partial charge is 0.282 e. The number of aromatic nitrogens is 5. The van der Waals surface area contributed by atoms with Gasteiger partial charge in [-0.15, -0.1) is 5.10 Å². The van der Waals surface area contributed by atoms with Gasteiger partial charge in [0.2, 0.25) is 5.03 Å². The molecule has 2 heterocycles. The molecule has 0 aliphatic heterocycles. The minimum atomic E-state index is -3.77. The van der Waals surface area contributed by atoms with Crippen molar-refractivity contribution in [1.29, 1.82) is 0 Å². The Bertz CT molecular complexity index is 606. The highest BCUT2D eigenvalue weighted by Crippen LogP contribution is 2.20. The van der Waals surface area contributed by atoms with Crippen molar-refractivity contribution in [2.75, 3.05) is 4.72 Å². The molecular weight excluding hydrogens is 312 g/mol. The Morgan fingerprint density at radius 3 is 2.53 bits per heavy atom. The molecule has 2 rings (SSSR count). The fraction of sp³-hybridized carbons (Fsp3) is 0.143. The van der Waals surface area contributed by atoms with Crippen LogP contribution in [0.5, 0.6) is 0 Å². The lowest BCUT2D eigenvalue weighted by atomic mass is 10.6. The molecule has 2 aromatic heterocycles. The van der Waals surface area contributed by atoms with Crippen LogP contribution < -0.4 is 4.72 Å². The Hall–Kier alpha value is -1.55. The molecule has 8 nitrogen and oxygen atoms in total. The van der Waals surface area contributed by atoms with Gasteiger partial charge in [-0.2, -0.15) is 8.42 Å². The maximum absolute atomic E-state index is 12.0. The smallest absolute Gasteiger partial charge is 0.275 e. The molecule has 0 aliphatic carbocycles. The molecule has 90 valence electrons. The van der Waals surface area contributed by atoms with Crippen molar-refractivity contribution < 1.29 is 8.42 Å². The van der Waals surface area contributed by atoms with Gasteiger partial charge >= 0.3 is 0 Å². The van der Waals surface area contributed by atoms with Crippen molar-refractivity contribution in [2.24, 2.45) is 7.05 Å². The fourth-order valence-corrected chi connectivity index (χ4v) is 3.29. The van der Waals surface area contributed by atoms with Gasteiger partial charge in [-0.25, -0.2) is 14.6 Å². The van der Waals surface area contributed by atoms with Crippen molar-refractivity contribution in [2.45, 2.75) is 5.03 Å². The van der Waals surface area contributed by atoms with E-state index in [0.29, 0.717) is 0 Å². The highest BCUT2D eigenvalue weighted by atomic mass is 79.9. The lowest BCUT2D eigenvalue weighted by molar-refractivity contribution is 0.578. The summed E-state index contributed by atoms with van der Waals surface area (Å²) in [6, 6.07) is 0. The summed E-state index contributed by atoms with van der Waals surface area (Å²) in [5, 5.41) is 7.13. The summed E-state index contributed by atoms with van der Waals surface area (Å²) in [6.45, 7) is 0. The summed E-state index contributed by atoms with van der Waals surface area (Å²) in [5.41, 5.74) is 0.264. The predicted octanol–water partition coefficient (Wildman–Crippen LogP) is 0.168. The average molecular weight is 319 g/mol. The number of anilines is 1. The van der Waals surface area contributed by atoms with Crippen LogP contribution in [-0.2, 0) is 17.1 Å². The van der Waals surface area contributed by atoms with Gasteiger partial charge in [0.15, 0.2) is 4.60 Å². The molecule has 17 heavy (non-hydrogen) atoms. The van der Waals surface area contributed by atoms with Gasteiger partial charge in [-0.1, -0.05) is 5.21 Å². The molecule has 0 radical (unpaired) electrons. The number of hydrogen-bond donors (Lipinski definition) is 1. The molecule has 0 aliphatic rings. The van der Waals surface area contributed by atoms with Gasteiger partial charge in [0, 0.05) is 7.05 Å².